The van der Waals surface area contributed by atoms with E-state index in [2.05, 4.69) is 15.6 Å². The molecule has 0 aliphatic heterocycles. The first-order valence-electron chi connectivity index (χ1n) is 11.0. The molecule has 0 spiro atoms. The topological polar surface area (TPSA) is 141 Å². The summed E-state index contributed by atoms with van der Waals surface area (Å²) >= 11 is 2.58. The summed E-state index contributed by atoms with van der Waals surface area (Å²) in [7, 11) is 0. The molecule has 3 aromatic rings. The summed E-state index contributed by atoms with van der Waals surface area (Å²) in [6.07, 6.45) is 0.599. The van der Waals surface area contributed by atoms with E-state index in [1.54, 1.807) is 30.5 Å². The Morgan fingerprint density at radius 1 is 1.14 bits per heavy atom. The highest BCUT2D eigenvalue weighted by molar-refractivity contribution is 8.00. The van der Waals surface area contributed by atoms with Gasteiger partial charge < -0.3 is 15.4 Å². The van der Waals surface area contributed by atoms with Crippen LogP contribution in [0.1, 0.15) is 36.3 Å². The number of anilines is 2. The minimum absolute atomic E-state index is 0.0462. The molecule has 3 rings (SSSR count). The van der Waals surface area contributed by atoms with Crippen LogP contribution in [-0.4, -0.2) is 39.5 Å². The first-order valence-corrected chi connectivity index (χ1v) is 12.8. The minimum Gasteiger partial charge on any atom is -0.466 e. The van der Waals surface area contributed by atoms with E-state index < -0.39 is 16.1 Å². The molecule has 0 aliphatic rings. The van der Waals surface area contributed by atoms with E-state index in [1.165, 1.54) is 47.4 Å². The average molecular weight is 529 g/mol. The van der Waals surface area contributed by atoms with Crippen LogP contribution in [0.3, 0.4) is 0 Å². The summed E-state index contributed by atoms with van der Waals surface area (Å²) in [4.78, 5) is 52.3. The second kappa shape index (κ2) is 12.8. The number of carbonyl (C=O) groups is 3. The average Bonchev–Trinajstić information content (AvgIpc) is 3.29. The Bertz CT molecular complexity index is 1250. The van der Waals surface area contributed by atoms with Crippen molar-refractivity contribution in [1.29, 1.82) is 0 Å². The number of thioether (sulfide) groups is 1. The van der Waals surface area contributed by atoms with Crippen LogP contribution in [-0.2, 0) is 20.7 Å². The second-order valence-corrected chi connectivity index (χ2v) is 9.55. The third-order valence-corrected chi connectivity index (χ3v) is 6.95. The van der Waals surface area contributed by atoms with Crippen molar-refractivity contribution in [3.63, 3.8) is 0 Å². The lowest BCUT2D eigenvalue weighted by Gasteiger charge is -2.14. The zero-order valence-corrected chi connectivity index (χ0v) is 21.2. The summed E-state index contributed by atoms with van der Waals surface area (Å²) in [6.45, 7) is 3.92. The van der Waals surface area contributed by atoms with Gasteiger partial charge in [-0.3, -0.25) is 24.5 Å². The Hall–Kier alpha value is -3.77. The number of benzene rings is 2. The van der Waals surface area contributed by atoms with Crippen molar-refractivity contribution in [1.82, 2.24) is 4.98 Å². The monoisotopic (exact) mass is 528 g/mol. The van der Waals surface area contributed by atoms with Gasteiger partial charge in [-0.25, -0.2) is 4.98 Å². The van der Waals surface area contributed by atoms with Gasteiger partial charge in [0, 0.05) is 33.7 Å². The Morgan fingerprint density at radius 2 is 1.89 bits per heavy atom. The van der Waals surface area contributed by atoms with Gasteiger partial charge in [0.2, 0.25) is 5.91 Å². The number of hydrogen-bond acceptors (Lipinski definition) is 9. The molecule has 0 aliphatic carbocycles. The van der Waals surface area contributed by atoms with E-state index in [1.807, 2.05) is 13.0 Å². The number of nitrogens with zero attached hydrogens (tertiary/aromatic N) is 2. The Labute approximate surface area is 215 Å². The maximum Gasteiger partial charge on any atom is 0.311 e. The SMILES string of the molecule is CCOC(=O)Cc1csc(NC(=O)C(CC)Sc2cccc(NC(=O)c3ccc([N+](=O)[O-])cc3)c2)n1. The maximum atomic E-state index is 12.8. The molecule has 188 valence electrons. The van der Waals surface area contributed by atoms with Crippen LogP contribution in [0.15, 0.2) is 58.8 Å². The predicted octanol–water partition coefficient (Wildman–Crippen LogP) is 4.92. The molecule has 0 fully saturated rings. The number of nitrogens with one attached hydrogen (secondary N) is 2. The molecular weight excluding hydrogens is 504 g/mol. The van der Waals surface area contributed by atoms with Crippen molar-refractivity contribution >= 4 is 57.4 Å². The Morgan fingerprint density at radius 3 is 2.56 bits per heavy atom. The molecule has 36 heavy (non-hydrogen) atoms. The molecule has 0 saturated carbocycles. The lowest BCUT2D eigenvalue weighted by Crippen LogP contribution is -2.24. The van der Waals surface area contributed by atoms with E-state index in [0.717, 1.165) is 4.90 Å². The first kappa shape index (κ1) is 26.8. The van der Waals surface area contributed by atoms with Crippen LogP contribution in [0, 0.1) is 10.1 Å². The van der Waals surface area contributed by atoms with Gasteiger partial charge in [-0.15, -0.1) is 23.1 Å². The molecule has 10 nitrogen and oxygen atoms in total. The number of ether oxygens (including phenoxy) is 1. The molecule has 2 aromatic carbocycles. The third kappa shape index (κ3) is 7.62. The van der Waals surface area contributed by atoms with Gasteiger partial charge in [-0.2, -0.15) is 0 Å². The molecule has 1 atom stereocenters. The van der Waals surface area contributed by atoms with Crippen molar-refractivity contribution in [2.45, 2.75) is 36.8 Å². The lowest BCUT2D eigenvalue weighted by atomic mass is 10.2. The van der Waals surface area contributed by atoms with Crippen molar-refractivity contribution in [3.05, 3.63) is 75.3 Å². The van der Waals surface area contributed by atoms with Gasteiger partial charge in [0.15, 0.2) is 5.13 Å². The minimum atomic E-state index is -0.528. The molecule has 1 aromatic heterocycles. The number of carbonyl (C=O) groups excluding carboxylic acids is 3. The summed E-state index contributed by atoms with van der Waals surface area (Å²) in [5.74, 6) is -0.998. The zero-order chi connectivity index (χ0) is 26.1. The van der Waals surface area contributed by atoms with Crippen LogP contribution < -0.4 is 10.6 Å². The van der Waals surface area contributed by atoms with E-state index in [-0.39, 0.29) is 29.5 Å². The number of non-ortho nitro benzene ring substituents is 1. The maximum absolute atomic E-state index is 12.8. The van der Waals surface area contributed by atoms with Gasteiger partial charge in [0.05, 0.1) is 28.9 Å². The summed E-state index contributed by atoms with van der Waals surface area (Å²) in [5, 5.41) is 18.1. The molecule has 0 saturated heterocycles. The molecule has 0 bridgehead atoms. The van der Waals surface area contributed by atoms with Crippen LogP contribution in [0.5, 0.6) is 0 Å². The van der Waals surface area contributed by atoms with E-state index in [4.69, 9.17) is 4.74 Å². The molecular formula is C24H24N4O6S2. The number of nitro groups is 1. The first-order chi connectivity index (χ1) is 17.3. The van der Waals surface area contributed by atoms with E-state index in [9.17, 15) is 24.5 Å². The largest absolute Gasteiger partial charge is 0.466 e. The van der Waals surface area contributed by atoms with Crippen molar-refractivity contribution in [2.75, 3.05) is 17.2 Å². The normalized spacial score (nSPS) is 11.4. The molecule has 0 radical (unpaired) electrons. The number of amides is 2. The van der Waals surface area contributed by atoms with Gasteiger partial charge in [-0.1, -0.05) is 13.0 Å². The number of nitro benzene ring substituents is 1. The van der Waals surface area contributed by atoms with Gasteiger partial charge >= 0.3 is 5.97 Å². The van der Waals surface area contributed by atoms with Gasteiger partial charge in [0.25, 0.3) is 11.6 Å². The zero-order valence-electron chi connectivity index (χ0n) is 19.6. The fourth-order valence-electron chi connectivity index (χ4n) is 3.06. The smallest absolute Gasteiger partial charge is 0.311 e. The highest BCUT2D eigenvalue weighted by Gasteiger charge is 2.20. The number of rotatable bonds is 11. The molecule has 1 unspecified atom stereocenters. The van der Waals surface area contributed by atoms with Crippen LogP contribution in [0.25, 0.3) is 0 Å². The van der Waals surface area contributed by atoms with Crippen LogP contribution in [0.2, 0.25) is 0 Å². The van der Waals surface area contributed by atoms with E-state index >= 15 is 0 Å². The second-order valence-electron chi connectivity index (χ2n) is 7.42. The number of esters is 1. The van der Waals surface area contributed by atoms with Gasteiger partial charge in [0.1, 0.15) is 0 Å². The lowest BCUT2D eigenvalue weighted by molar-refractivity contribution is -0.384. The quantitative estimate of drug-likeness (QED) is 0.155. The fraction of sp³-hybridized carbons (Fsp3) is 0.250. The number of thiazole rings is 1. The summed E-state index contributed by atoms with van der Waals surface area (Å²) < 4.78 is 4.91. The molecule has 2 N–H and O–H groups in total. The van der Waals surface area contributed by atoms with Crippen LogP contribution >= 0.6 is 23.1 Å². The number of aromatic nitrogens is 1. The molecule has 1 heterocycles. The van der Waals surface area contributed by atoms with Crippen molar-refractivity contribution in [2.24, 2.45) is 0 Å². The summed E-state index contributed by atoms with van der Waals surface area (Å²) in [5.41, 5.74) is 1.25. The van der Waals surface area contributed by atoms with Gasteiger partial charge in [-0.05, 0) is 43.7 Å². The Balaban J connectivity index is 1.60. The van der Waals surface area contributed by atoms with Crippen molar-refractivity contribution in [3.8, 4) is 0 Å². The Kier molecular flexibility index (Phi) is 9.53. The molecule has 12 heteroatoms. The predicted molar refractivity (Wildman–Crippen MR) is 139 cm³/mol. The van der Waals surface area contributed by atoms with Crippen LogP contribution in [0.4, 0.5) is 16.5 Å². The third-order valence-electron chi connectivity index (χ3n) is 4.79. The number of hydrogen-bond donors (Lipinski definition) is 2. The molecule has 2 amide bonds. The highest BCUT2D eigenvalue weighted by atomic mass is 32.2. The fourth-order valence-corrected chi connectivity index (χ4v) is 4.79. The van der Waals surface area contributed by atoms with E-state index in [0.29, 0.717) is 29.5 Å². The highest BCUT2D eigenvalue weighted by Crippen LogP contribution is 2.29. The van der Waals surface area contributed by atoms with Crippen molar-refractivity contribution < 1.29 is 24.0 Å². The standard InChI is InChI=1S/C24H24N4O6S2/c1-3-20(23(31)27-24-26-17(14-35-24)13-21(29)34-4-2)36-19-7-5-6-16(12-19)25-22(30)15-8-10-18(11-9-15)28(32)33/h5-12,14,20H,3-4,13H2,1-2H3,(H,25,30)(H,26,27,31). The summed E-state index contributed by atoms with van der Waals surface area (Å²) in [6, 6.07) is 12.4.